The van der Waals surface area contributed by atoms with Crippen LogP contribution in [0.2, 0.25) is 0 Å². The Morgan fingerprint density at radius 3 is 2.88 bits per heavy atom. The molecule has 26 heavy (non-hydrogen) atoms. The second kappa shape index (κ2) is 7.91. The molecule has 0 saturated carbocycles. The van der Waals surface area contributed by atoms with Crippen molar-refractivity contribution in [2.45, 2.75) is 31.7 Å². The van der Waals surface area contributed by atoms with Crippen LogP contribution < -0.4 is 10.1 Å². The molecular formula is C20H26N4O2. The second-order valence-corrected chi connectivity index (χ2v) is 7.03. The highest BCUT2D eigenvalue weighted by Gasteiger charge is 2.22. The molecular weight excluding hydrogens is 328 g/mol. The van der Waals surface area contributed by atoms with E-state index in [0.717, 1.165) is 62.6 Å². The maximum Gasteiger partial charge on any atom is 0.260 e. The Labute approximate surface area is 154 Å². The van der Waals surface area contributed by atoms with E-state index in [2.05, 4.69) is 14.9 Å². The lowest BCUT2D eigenvalue weighted by Crippen LogP contribution is -2.38. The SMILES string of the molecule is O=C(COc1ccccc1-c1nccn1C1CCNC1)N1CCCCC1. The maximum absolute atomic E-state index is 12.4. The van der Waals surface area contributed by atoms with Gasteiger partial charge in [-0.15, -0.1) is 0 Å². The minimum Gasteiger partial charge on any atom is -0.483 e. The highest BCUT2D eigenvalue weighted by atomic mass is 16.5. The van der Waals surface area contributed by atoms with E-state index >= 15 is 0 Å². The van der Waals surface area contributed by atoms with Crippen molar-refractivity contribution in [3.05, 3.63) is 36.7 Å². The molecule has 1 aromatic heterocycles. The minimum absolute atomic E-state index is 0.0721. The largest absolute Gasteiger partial charge is 0.483 e. The maximum atomic E-state index is 12.4. The number of hydrogen-bond donors (Lipinski definition) is 1. The van der Waals surface area contributed by atoms with Gasteiger partial charge in [0.15, 0.2) is 6.61 Å². The van der Waals surface area contributed by atoms with Crippen LogP contribution in [0.25, 0.3) is 11.4 Å². The molecule has 2 aliphatic rings. The van der Waals surface area contributed by atoms with Gasteiger partial charge in [-0.05, 0) is 44.4 Å². The number of nitrogens with zero attached hydrogens (tertiary/aromatic N) is 3. The third-order valence-corrected chi connectivity index (χ3v) is 5.28. The third kappa shape index (κ3) is 3.60. The number of para-hydroxylation sites is 1. The van der Waals surface area contributed by atoms with Gasteiger partial charge in [-0.1, -0.05) is 12.1 Å². The van der Waals surface area contributed by atoms with E-state index in [1.165, 1.54) is 6.42 Å². The summed E-state index contributed by atoms with van der Waals surface area (Å²) in [6, 6.07) is 8.28. The summed E-state index contributed by atoms with van der Waals surface area (Å²) >= 11 is 0. The summed E-state index contributed by atoms with van der Waals surface area (Å²) in [7, 11) is 0. The van der Waals surface area contributed by atoms with Gasteiger partial charge in [0.1, 0.15) is 11.6 Å². The van der Waals surface area contributed by atoms with Crippen molar-refractivity contribution in [2.75, 3.05) is 32.8 Å². The molecule has 1 aromatic carbocycles. The summed E-state index contributed by atoms with van der Waals surface area (Å²) < 4.78 is 8.15. The standard InChI is InChI=1S/C20H26N4O2/c25-19(23-11-4-1-5-12-23)15-26-18-7-3-2-6-17(18)20-22-10-13-24(20)16-8-9-21-14-16/h2-3,6-7,10,13,16,21H,1,4-5,8-9,11-12,14-15H2. The molecule has 0 spiro atoms. The van der Waals surface area contributed by atoms with Gasteiger partial charge in [-0.2, -0.15) is 0 Å². The number of amides is 1. The van der Waals surface area contributed by atoms with Crippen LogP contribution >= 0.6 is 0 Å². The molecule has 1 atom stereocenters. The number of benzene rings is 1. The van der Waals surface area contributed by atoms with Gasteiger partial charge in [0, 0.05) is 38.1 Å². The zero-order valence-electron chi connectivity index (χ0n) is 15.1. The van der Waals surface area contributed by atoms with Gasteiger partial charge in [0.2, 0.25) is 0 Å². The Bertz CT molecular complexity index is 746. The van der Waals surface area contributed by atoms with Crippen LogP contribution in [0.15, 0.2) is 36.7 Å². The molecule has 0 aliphatic carbocycles. The average Bonchev–Trinajstić information content (AvgIpc) is 3.38. The van der Waals surface area contributed by atoms with E-state index < -0.39 is 0 Å². The van der Waals surface area contributed by atoms with Gasteiger partial charge in [0.25, 0.3) is 5.91 Å². The van der Waals surface area contributed by atoms with Gasteiger partial charge >= 0.3 is 0 Å². The van der Waals surface area contributed by atoms with E-state index in [0.29, 0.717) is 6.04 Å². The number of carbonyl (C=O) groups excluding carboxylic acids is 1. The van der Waals surface area contributed by atoms with Gasteiger partial charge < -0.3 is 19.5 Å². The Morgan fingerprint density at radius 1 is 1.23 bits per heavy atom. The summed E-state index contributed by atoms with van der Waals surface area (Å²) in [5, 5.41) is 3.40. The molecule has 0 bridgehead atoms. The number of imidazole rings is 1. The number of carbonyl (C=O) groups is 1. The molecule has 2 aliphatic heterocycles. The summed E-state index contributed by atoms with van der Waals surface area (Å²) in [5.74, 6) is 1.69. The predicted octanol–water partition coefficient (Wildman–Crippen LogP) is 2.48. The number of hydrogen-bond acceptors (Lipinski definition) is 4. The first-order chi connectivity index (χ1) is 12.8. The van der Waals surface area contributed by atoms with Gasteiger partial charge in [-0.3, -0.25) is 4.79 Å². The number of aromatic nitrogens is 2. The quantitative estimate of drug-likeness (QED) is 0.896. The van der Waals surface area contributed by atoms with Crippen molar-refractivity contribution in [3.8, 4) is 17.1 Å². The van der Waals surface area contributed by atoms with Crippen molar-refractivity contribution in [1.82, 2.24) is 19.8 Å². The molecule has 6 heteroatoms. The first-order valence-electron chi connectivity index (χ1n) is 9.56. The number of likely N-dealkylation sites (tertiary alicyclic amines) is 1. The minimum atomic E-state index is 0.0721. The van der Waals surface area contributed by atoms with Crippen LogP contribution in [0.4, 0.5) is 0 Å². The zero-order chi connectivity index (χ0) is 17.8. The normalized spacial score (nSPS) is 20.3. The molecule has 1 N–H and O–H groups in total. The van der Waals surface area contributed by atoms with Crippen molar-refractivity contribution in [2.24, 2.45) is 0 Å². The zero-order valence-corrected chi connectivity index (χ0v) is 15.1. The summed E-state index contributed by atoms with van der Waals surface area (Å²) in [6.45, 7) is 3.78. The molecule has 1 unspecified atom stereocenters. The summed E-state index contributed by atoms with van der Waals surface area (Å²) in [6.07, 6.45) is 8.36. The Hall–Kier alpha value is -2.34. The Balaban J connectivity index is 1.50. The van der Waals surface area contributed by atoms with Crippen LogP contribution in [0.3, 0.4) is 0 Å². The van der Waals surface area contributed by atoms with E-state index in [-0.39, 0.29) is 12.5 Å². The molecule has 138 valence electrons. The topological polar surface area (TPSA) is 59.4 Å². The van der Waals surface area contributed by atoms with Gasteiger partial charge in [0.05, 0.1) is 5.56 Å². The van der Waals surface area contributed by atoms with E-state index in [1.807, 2.05) is 41.6 Å². The highest BCUT2D eigenvalue weighted by molar-refractivity contribution is 5.78. The lowest BCUT2D eigenvalue weighted by molar-refractivity contribution is -0.134. The average molecular weight is 354 g/mol. The molecule has 3 heterocycles. The molecule has 1 amide bonds. The third-order valence-electron chi connectivity index (χ3n) is 5.28. The van der Waals surface area contributed by atoms with Crippen molar-refractivity contribution in [1.29, 1.82) is 0 Å². The predicted molar refractivity (Wildman–Crippen MR) is 100 cm³/mol. The fourth-order valence-electron chi connectivity index (χ4n) is 3.84. The lowest BCUT2D eigenvalue weighted by atomic mass is 10.1. The summed E-state index contributed by atoms with van der Waals surface area (Å²) in [4.78, 5) is 18.9. The van der Waals surface area contributed by atoms with E-state index in [4.69, 9.17) is 4.74 Å². The van der Waals surface area contributed by atoms with Crippen molar-refractivity contribution < 1.29 is 9.53 Å². The molecule has 2 saturated heterocycles. The highest BCUT2D eigenvalue weighted by Crippen LogP contribution is 2.31. The first-order valence-corrected chi connectivity index (χ1v) is 9.56. The smallest absolute Gasteiger partial charge is 0.260 e. The van der Waals surface area contributed by atoms with Gasteiger partial charge in [-0.25, -0.2) is 4.98 Å². The number of ether oxygens (including phenoxy) is 1. The summed E-state index contributed by atoms with van der Waals surface area (Å²) in [5.41, 5.74) is 0.941. The molecule has 2 aromatic rings. The number of nitrogens with one attached hydrogen (secondary N) is 1. The molecule has 0 radical (unpaired) electrons. The van der Waals surface area contributed by atoms with E-state index in [9.17, 15) is 4.79 Å². The fourth-order valence-corrected chi connectivity index (χ4v) is 3.84. The Morgan fingerprint density at radius 2 is 2.08 bits per heavy atom. The van der Waals surface area contributed by atoms with Crippen LogP contribution in [-0.4, -0.2) is 53.1 Å². The second-order valence-electron chi connectivity index (χ2n) is 7.03. The van der Waals surface area contributed by atoms with Crippen LogP contribution in [0, 0.1) is 0 Å². The molecule has 6 nitrogen and oxygen atoms in total. The number of rotatable bonds is 5. The number of piperidine rings is 1. The molecule has 2 fully saturated rings. The first kappa shape index (κ1) is 17.1. The lowest BCUT2D eigenvalue weighted by Gasteiger charge is -2.26. The van der Waals surface area contributed by atoms with Crippen molar-refractivity contribution in [3.63, 3.8) is 0 Å². The molecule has 4 rings (SSSR count). The van der Waals surface area contributed by atoms with Crippen LogP contribution in [-0.2, 0) is 4.79 Å². The monoisotopic (exact) mass is 354 g/mol. The van der Waals surface area contributed by atoms with Crippen LogP contribution in [0.5, 0.6) is 5.75 Å². The fraction of sp³-hybridized carbons (Fsp3) is 0.500. The van der Waals surface area contributed by atoms with Crippen molar-refractivity contribution >= 4 is 5.91 Å². The van der Waals surface area contributed by atoms with Crippen LogP contribution in [0.1, 0.15) is 31.7 Å². The van der Waals surface area contributed by atoms with E-state index in [1.54, 1.807) is 0 Å². The Kier molecular flexibility index (Phi) is 5.20.